The predicted molar refractivity (Wildman–Crippen MR) is 119 cm³/mol. The van der Waals surface area contributed by atoms with Crippen LogP contribution in [-0.4, -0.2) is 36.7 Å². The van der Waals surface area contributed by atoms with Gasteiger partial charge < -0.3 is 4.57 Å². The maximum absolute atomic E-state index is 13.1. The molecular formula is C23H31N5O2. The third-order valence-corrected chi connectivity index (χ3v) is 6.16. The molecule has 0 saturated carbocycles. The van der Waals surface area contributed by atoms with Gasteiger partial charge in [-0.2, -0.15) is 0 Å². The second-order valence-corrected chi connectivity index (χ2v) is 9.12. The van der Waals surface area contributed by atoms with Crippen molar-refractivity contribution >= 4 is 11.2 Å². The van der Waals surface area contributed by atoms with E-state index in [1.165, 1.54) is 28.2 Å². The third kappa shape index (κ3) is 3.74. The summed E-state index contributed by atoms with van der Waals surface area (Å²) in [6, 6.07) is 8.30. The molecule has 30 heavy (non-hydrogen) atoms. The molecule has 0 N–H and O–H groups in total. The zero-order valence-electron chi connectivity index (χ0n) is 18.6. The second-order valence-electron chi connectivity index (χ2n) is 9.12. The Morgan fingerprint density at radius 2 is 1.73 bits per heavy atom. The number of rotatable bonds is 4. The number of benzene rings is 1. The van der Waals surface area contributed by atoms with Gasteiger partial charge in [0.1, 0.15) is 5.82 Å². The molecule has 3 heterocycles. The summed E-state index contributed by atoms with van der Waals surface area (Å²) in [6.45, 7) is 9.92. The number of hydrogen-bond acceptors (Lipinski definition) is 4. The van der Waals surface area contributed by atoms with Crippen LogP contribution in [0, 0.1) is 18.8 Å². The Morgan fingerprint density at radius 1 is 1.03 bits per heavy atom. The van der Waals surface area contributed by atoms with E-state index in [2.05, 4.69) is 43.9 Å². The first-order chi connectivity index (χ1) is 14.2. The molecule has 0 amide bonds. The summed E-state index contributed by atoms with van der Waals surface area (Å²) in [6.07, 6.45) is 1.24. The van der Waals surface area contributed by atoms with E-state index in [4.69, 9.17) is 4.98 Å². The largest absolute Gasteiger partial charge is 0.332 e. The van der Waals surface area contributed by atoms with E-state index >= 15 is 0 Å². The van der Waals surface area contributed by atoms with Crippen molar-refractivity contribution in [1.29, 1.82) is 0 Å². The molecule has 4 rings (SSSR count). The van der Waals surface area contributed by atoms with Crippen molar-refractivity contribution in [2.75, 3.05) is 13.1 Å². The van der Waals surface area contributed by atoms with Crippen molar-refractivity contribution in [2.45, 2.75) is 40.3 Å². The van der Waals surface area contributed by atoms with Gasteiger partial charge in [0.2, 0.25) is 0 Å². The third-order valence-electron chi connectivity index (χ3n) is 6.16. The van der Waals surface area contributed by atoms with Crippen LogP contribution < -0.4 is 11.2 Å². The quantitative estimate of drug-likeness (QED) is 0.663. The van der Waals surface area contributed by atoms with Crippen molar-refractivity contribution in [3.63, 3.8) is 0 Å². The van der Waals surface area contributed by atoms with Crippen LogP contribution >= 0.6 is 0 Å². The summed E-state index contributed by atoms with van der Waals surface area (Å²) in [5, 5.41) is 0. The van der Waals surface area contributed by atoms with Crippen molar-refractivity contribution in [2.24, 2.45) is 25.9 Å². The Kier molecular flexibility index (Phi) is 5.40. The summed E-state index contributed by atoms with van der Waals surface area (Å²) >= 11 is 0. The van der Waals surface area contributed by atoms with Crippen LogP contribution in [0.2, 0.25) is 0 Å². The van der Waals surface area contributed by atoms with Gasteiger partial charge in [-0.05, 0) is 30.7 Å². The van der Waals surface area contributed by atoms with Crippen molar-refractivity contribution < 1.29 is 0 Å². The van der Waals surface area contributed by atoms with Crippen LogP contribution in [0.3, 0.4) is 0 Å². The SMILES string of the molecule is Cc1cccc(Cn2c(CN3CC(C)CC(C)C3)nc3c2c(=O)n(C)c(=O)n3C)c1. The number of hydrogen-bond donors (Lipinski definition) is 0. The molecule has 1 aromatic carbocycles. The van der Waals surface area contributed by atoms with Crippen LogP contribution in [0.4, 0.5) is 0 Å². The fourth-order valence-corrected chi connectivity index (χ4v) is 4.90. The first-order valence-electron chi connectivity index (χ1n) is 10.7. The highest BCUT2D eigenvalue weighted by molar-refractivity contribution is 5.71. The molecule has 1 fully saturated rings. The van der Waals surface area contributed by atoms with Crippen LogP contribution in [0.5, 0.6) is 0 Å². The van der Waals surface area contributed by atoms with E-state index in [1.54, 1.807) is 7.05 Å². The zero-order chi connectivity index (χ0) is 21.6. The van der Waals surface area contributed by atoms with E-state index < -0.39 is 0 Å². The summed E-state index contributed by atoms with van der Waals surface area (Å²) in [7, 11) is 3.21. The molecule has 160 valence electrons. The van der Waals surface area contributed by atoms with E-state index in [0.717, 1.165) is 24.5 Å². The van der Waals surface area contributed by atoms with Gasteiger partial charge in [-0.1, -0.05) is 43.7 Å². The highest BCUT2D eigenvalue weighted by atomic mass is 16.2. The molecule has 0 aliphatic carbocycles. The average molecular weight is 410 g/mol. The molecule has 2 unspecified atom stereocenters. The van der Waals surface area contributed by atoms with Crippen LogP contribution in [0.25, 0.3) is 11.2 Å². The lowest BCUT2D eigenvalue weighted by atomic mass is 9.92. The Morgan fingerprint density at radius 3 is 2.40 bits per heavy atom. The van der Waals surface area contributed by atoms with Crippen molar-refractivity contribution in [1.82, 2.24) is 23.6 Å². The first kappa shape index (κ1) is 20.6. The Balaban J connectivity index is 1.86. The number of piperidine rings is 1. The number of imidazole rings is 1. The standard InChI is InChI=1S/C23H31N5O2/c1-15-7-6-8-18(10-15)13-28-19(14-27-11-16(2)9-17(3)12-27)24-21-20(28)22(29)26(5)23(30)25(21)4/h6-8,10,16-17H,9,11-14H2,1-5H3. The number of likely N-dealkylation sites (tertiary alicyclic amines) is 1. The molecule has 7 heteroatoms. The summed E-state index contributed by atoms with van der Waals surface area (Å²) in [5.74, 6) is 2.12. The Hall–Kier alpha value is -2.67. The molecule has 0 bridgehead atoms. The van der Waals surface area contributed by atoms with Crippen LogP contribution in [0.1, 0.15) is 37.2 Å². The van der Waals surface area contributed by atoms with Crippen molar-refractivity contribution in [3.8, 4) is 0 Å². The molecule has 7 nitrogen and oxygen atoms in total. The lowest BCUT2D eigenvalue weighted by Crippen LogP contribution is -2.39. The topological polar surface area (TPSA) is 65.1 Å². The summed E-state index contributed by atoms with van der Waals surface area (Å²) in [5.41, 5.74) is 2.61. The van der Waals surface area contributed by atoms with Gasteiger partial charge >= 0.3 is 5.69 Å². The monoisotopic (exact) mass is 409 g/mol. The Bertz CT molecular complexity index is 1190. The van der Waals surface area contributed by atoms with Gasteiger partial charge in [0, 0.05) is 33.7 Å². The minimum Gasteiger partial charge on any atom is -0.317 e. The predicted octanol–water partition coefficient (Wildman–Crippen LogP) is 2.27. The fraction of sp³-hybridized carbons (Fsp3) is 0.522. The smallest absolute Gasteiger partial charge is 0.317 e. The van der Waals surface area contributed by atoms with Gasteiger partial charge in [-0.3, -0.25) is 18.8 Å². The normalized spacial score (nSPS) is 20.2. The van der Waals surface area contributed by atoms with Gasteiger partial charge in [-0.25, -0.2) is 9.78 Å². The van der Waals surface area contributed by atoms with Crippen molar-refractivity contribution in [3.05, 3.63) is 62.1 Å². The van der Waals surface area contributed by atoms with Gasteiger partial charge in [0.25, 0.3) is 5.56 Å². The first-order valence-corrected chi connectivity index (χ1v) is 10.7. The van der Waals surface area contributed by atoms with Gasteiger partial charge in [0.05, 0.1) is 6.54 Å². The molecule has 2 atom stereocenters. The second kappa shape index (κ2) is 7.87. The molecule has 3 aromatic rings. The van der Waals surface area contributed by atoms with Crippen LogP contribution in [-0.2, 0) is 27.2 Å². The average Bonchev–Trinajstić information content (AvgIpc) is 3.02. The zero-order valence-corrected chi connectivity index (χ0v) is 18.6. The van der Waals surface area contributed by atoms with Gasteiger partial charge in [-0.15, -0.1) is 0 Å². The van der Waals surface area contributed by atoms with E-state index in [0.29, 0.717) is 36.1 Å². The summed E-state index contributed by atoms with van der Waals surface area (Å²) < 4.78 is 4.66. The lowest BCUT2D eigenvalue weighted by Gasteiger charge is -2.34. The maximum atomic E-state index is 13.1. The molecular weight excluding hydrogens is 378 g/mol. The number of fused-ring (bicyclic) bond motifs is 1. The maximum Gasteiger partial charge on any atom is 0.332 e. The van der Waals surface area contributed by atoms with E-state index in [-0.39, 0.29) is 11.2 Å². The molecule has 0 radical (unpaired) electrons. The fourth-order valence-electron chi connectivity index (χ4n) is 4.90. The molecule has 2 aromatic heterocycles. The molecule has 1 saturated heterocycles. The van der Waals surface area contributed by atoms with Crippen LogP contribution in [0.15, 0.2) is 33.9 Å². The molecule has 0 spiro atoms. The highest BCUT2D eigenvalue weighted by Crippen LogP contribution is 2.23. The minimum atomic E-state index is -0.348. The number of aromatic nitrogens is 4. The van der Waals surface area contributed by atoms with E-state index in [1.807, 2.05) is 10.6 Å². The number of aryl methyl sites for hydroxylation is 2. The minimum absolute atomic E-state index is 0.292. The van der Waals surface area contributed by atoms with Gasteiger partial charge in [0.15, 0.2) is 11.2 Å². The summed E-state index contributed by atoms with van der Waals surface area (Å²) in [4.78, 5) is 32.8. The van der Waals surface area contributed by atoms with E-state index in [9.17, 15) is 9.59 Å². The Labute approximate surface area is 176 Å². The number of nitrogens with zero attached hydrogens (tertiary/aromatic N) is 5. The molecule has 1 aliphatic heterocycles. The lowest BCUT2D eigenvalue weighted by molar-refractivity contribution is 0.130. The molecule has 1 aliphatic rings. The highest BCUT2D eigenvalue weighted by Gasteiger charge is 2.25.